The number of carbonyl (C=O) groups excluding carboxylic acids is 2. The lowest BCUT2D eigenvalue weighted by Crippen LogP contribution is -2.37. The van der Waals surface area contributed by atoms with Gasteiger partial charge in [-0.05, 0) is 18.6 Å². The van der Waals surface area contributed by atoms with Crippen LogP contribution in [0, 0.1) is 0 Å². The van der Waals surface area contributed by atoms with Crippen LogP contribution >= 0.6 is 0 Å². The molecule has 2 rings (SSSR count). The summed E-state index contributed by atoms with van der Waals surface area (Å²) in [6.07, 6.45) is 1.61. The molecule has 0 spiro atoms. The molecule has 0 saturated carbocycles. The Morgan fingerprint density at radius 1 is 1.50 bits per heavy atom. The van der Waals surface area contributed by atoms with E-state index in [0.717, 1.165) is 12.8 Å². The Hall–Kier alpha value is -2.04. The van der Waals surface area contributed by atoms with Crippen molar-refractivity contribution in [1.82, 2.24) is 10.2 Å². The molecule has 1 aliphatic rings. The van der Waals surface area contributed by atoms with Crippen LogP contribution in [0.15, 0.2) is 24.3 Å². The number of nitrogens with zero attached hydrogens (tertiary/aromatic N) is 1. The van der Waals surface area contributed by atoms with E-state index in [9.17, 15) is 9.59 Å². The van der Waals surface area contributed by atoms with Crippen LogP contribution in [-0.4, -0.2) is 43.5 Å². The van der Waals surface area contributed by atoms with E-state index in [2.05, 4.69) is 5.32 Å². The van der Waals surface area contributed by atoms with Gasteiger partial charge in [0.25, 0.3) is 5.91 Å². The number of carbonyl (C=O) groups is 2. The summed E-state index contributed by atoms with van der Waals surface area (Å²) in [7, 11) is 1.54. The fraction of sp³-hybridized carbons (Fsp3) is 0.385. The minimum atomic E-state index is -0.162. The van der Waals surface area contributed by atoms with Gasteiger partial charge in [-0.3, -0.25) is 9.59 Å². The van der Waals surface area contributed by atoms with Crippen molar-refractivity contribution in [3.05, 3.63) is 29.8 Å². The lowest BCUT2D eigenvalue weighted by Gasteiger charge is -2.14. The van der Waals surface area contributed by atoms with Gasteiger partial charge in [-0.1, -0.05) is 12.1 Å². The van der Waals surface area contributed by atoms with Crippen LogP contribution in [0.2, 0.25) is 0 Å². The summed E-state index contributed by atoms with van der Waals surface area (Å²) in [6.45, 7) is 1.27. The number of nitrogens with one attached hydrogen (secondary N) is 1. The molecule has 5 heteroatoms. The summed E-state index contributed by atoms with van der Waals surface area (Å²) < 4.78 is 5.15. The summed E-state index contributed by atoms with van der Waals surface area (Å²) in [5.41, 5.74) is 0.518. The first-order valence-electron chi connectivity index (χ1n) is 5.88. The van der Waals surface area contributed by atoms with Crippen molar-refractivity contribution >= 4 is 12.3 Å². The van der Waals surface area contributed by atoms with Gasteiger partial charge in [0, 0.05) is 19.1 Å². The van der Waals surface area contributed by atoms with E-state index in [1.807, 2.05) is 6.07 Å². The fourth-order valence-electron chi connectivity index (χ4n) is 2.10. The van der Waals surface area contributed by atoms with Gasteiger partial charge in [-0.2, -0.15) is 0 Å². The summed E-state index contributed by atoms with van der Waals surface area (Å²) in [5, 5.41) is 2.91. The first kappa shape index (κ1) is 12.4. The maximum atomic E-state index is 12.1. The monoisotopic (exact) mass is 248 g/mol. The maximum absolute atomic E-state index is 12.1. The minimum absolute atomic E-state index is 0.0209. The Kier molecular flexibility index (Phi) is 3.82. The van der Waals surface area contributed by atoms with Gasteiger partial charge < -0.3 is 15.0 Å². The van der Waals surface area contributed by atoms with E-state index >= 15 is 0 Å². The smallest absolute Gasteiger partial charge is 0.255 e. The molecular formula is C13H16N2O3. The average molecular weight is 248 g/mol. The number of benzene rings is 1. The molecule has 0 radical (unpaired) electrons. The van der Waals surface area contributed by atoms with Crippen molar-refractivity contribution in [2.75, 3.05) is 20.2 Å². The highest BCUT2D eigenvalue weighted by Gasteiger charge is 2.23. The Bertz CT molecular complexity index is 448. The van der Waals surface area contributed by atoms with Gasteiger partial charge in [-0.15, -0.1) is 0 Å². The molecule has 1 fully saturated rings. The highest BCUT2D eigenvalue weighted by atomic mass is 16.5. The standard InChI is InChI=1S/C13H16N2O3/c1-18-12-5-3-2-4-11(12)13(17)14-10-6-7-15(8-10)9-16/h2-5,9-10H,6-8H2,1H3,(H,14,17). The fourth-order valence-corrected chi connectivity index (χ4v) is 2.10. The Morgan fingerprint density at radius 2 is 2.28 bits per heavy atom. The summed E-state index contributed by atoms with van der Waals surface area (Å²) in [5.74, 6) is 0.394. The quantitative estimate of drug-likeness (QED) is 0.796. The van der Waals surface area contributed by atoms with E-state index < -0.39 is 0 Å². The summed E-state index contributed by atoms with van der Waals surface area (Å²) in [4.78, 5) is 24.3. The number of amides is 2. The van der Waals surface area contributed by atoms with Crippen LogP contribution in [0.5, 0.6) is 5.75 Å². The van der Waals surface area contributed by atoms with Gasteiger partial charge in [0.15, 0.2) is 0 Å². The zero-order valence-corrected chi connectivity index (χ0v) is 10.3. The molecule has 1 aromatic rings. The van der Waals surface area contributed by atoms with Crippen molar-refractivity contribution < 1.29 is 14.3 Å². The third-order valence-electron chi connectivity index (χ3n) is 3.06. The number of hydrogen-bond donors (Lipinski definition) is 1. The van der Waals surface area contributed by atoms with Crippen LogP contribution in [0.1, 0.15) is 16.8 Å². The highest BCUT2D eigenvalue weighted by Crippen LogP contribution is 2.17. The third kappa shape index (κ3) is 2.61. The largest absolute Gasteiger partial charge is 0.496 e. The van der Waals surface area contributed by atoms with E-state index in [1.54, 1.807) is 23.1 Å². The van der Waals surface area contributed by atoms with E-state index in [-0.39, 0.29) is 11.9 Å². The summed E-state index contributed by atoms with van der Waals surface area (Å²) in [6, 6.07) is 7.11. The zero-order valence-electron chi connectivity index (χ0n) is 10.3. The van der Waals surface area contributed by atoms with Crippen LogP contribution in [0.25, 0.3) is 0 Å². The van der Waals surface area contributed by atoms with Crippen molar-refractivity contribution in [1.29, 1.82) is 0 Å². The molecule has 1 saturated heterocycles. The molecule has 1 heterocycles. The molecule has 96 valence electrons. The predicted octanol–water partition coefficient (Wildman–Crippen LogP) is 0.656. The van der Waals surface area contributed by atoms with Crippen LogP contribution in [0.4, 0.5) is 0 Å². The van der Waals surface area contributed by atoms with E-state index in [1.165, 1.54) is 7.11 Å². The predicted molar refractivity (Wildman–Crippen MR) is 66.5 cm³/mol. The van der Waals surface area contributed by atoms with E-state index in [4.69, 9.17) is 4.74 Å². The van der Waals surface area contributed by atoms with Gasteiger partial charge in [0.1, 0.15) is 5.75 Å². The van der Waals surface area contributed by atoms with Crippen LogP contribution < -0.4 is 10.1 Å². The Labute approximate surface area is 106 Å². The lowest BCUT2D eigenvalue weighted by molar-refractivity contribution is -0.117. The normalized spacial score (nSPS) is 18.5. The number of likely N-dealkylation sites (tertiary alicyclic amines) is 1. The second-order valence-corrected chi connectivity index (χ2v) is 4.26. The molecule has 1 unspecified atom stereocenters. The van der Waals surface area contributed by atoms with Gasteiger partial charge in [0.05, 0.1) is 12.7 Å². The van der Waals surface area contributed by atoms with Gasteiger partial charge in [-0.25, -0.2) is 0 Å². The molecule has 5 nitrogen and oxygen atoms in total. The molecule has 1 N–H and O–H groups in total. The van der Waals surface area contributed by atoms with Crippen molar-refractivity contribution in [2.45, 2.75) is 12.5 Å². The first-order valence-corrected chi connectivity index (χ1v) is 5.88. The van der Waals surface area contributed by atoms with Crippen molar-refractivity contribution in [3.63, 3.8) is 0 Å². The lowest BCUT2D eigenvalue weighted by atomic mass is 10.1. The highest BCUT2D eigenvalue weighted by molar-refractivity contribution is 5.97. The number of ether oxygens (including phenoxy) is 1. The average Bonchev–Trinajstić information content (AvgIpc) is 2.86. The molecule has 2 amide bonds. The zero-order chi connectivity index (χ0) is 13.0. The Balaban J connectivity index is 2.02. The SMILES string of the molecule is COc1ccccc1C(=O)NC1CCN(C=O)C1. The second kappa shape index (κ2) is 5.53. The number of hydrogen-bond acceptors (Lipinski definition) is 3. The minimum Gasteiger partial charge on any atom is -0.496 e. The number of para-hydroxylation sites is 1. The van der Waals surface area contributed by atoms with Crippen molar-refractivity contribution in [3.8, 4) is 5.75 Å². The molecular weight excluding hydrogens is 232 g/mol. The van der Waals surface area contributed by atoms with Gasteiger partial charge in [0.2, 0.25) is 6.41 Å². The van der Waals surface area contributed by atoms with Gasteiger partial charge >= 0.3 is 0 Å². The van der Waals surface area contributed by atoms with Crippen LogP contribution in [-0.2, 0) is 4.79 Å². The topological polar surface area (TPSA) is 58.6 Å². The maximum Gasteiger partial charge on any atom is 0.255 e. The van der Waals surface area contributed by atoms with Crippen LogP contribution in [0.3, 0.4) is 0 Å². The number of rotatable bonds is 4. The molecule has 0 bridgehead atoms. The molecule has 0 aromatic heterocycles. The van der Waals surface area contributed by atoms with Crippen molar-refractivity contribution in [2.24, 2.45) is 0 Å². The summed E-state index contributed by atoms with van der Waals surface area (Å²) >= 11 is 0. The molecule has 0 aliphatic carbocycles. The molecule has 1 aromatic carbocycles. The third-order valence-corrected chi connectivity index (χ3v) is 3.06. The molecule has 18 heavy (non-hydrogen) atoms. The number of methoxy groups -OCH3 is 1. The second-order valence-electron chi connectivity index (χ2n) is 4.26. The van der Waals surface area contributed by atoms with E-state index in [0.29, 0.717) is 24.4 Å². The Morgan fingerprint density at radius 3 is 2.94 bits per heavy atom. The first-order chi connectivity index (χ1) is 8.74. The molecule has 1 aliphatic heterocycles. The molecule has 1 atom stereocenters.